The lowest BCUT2D eigenvalue weighted by atomic mass is 9.88. The number of carboxylic acid groups (broad SMARTS) is 1. The number of rotatable bonds is 7. The first kappa shape index (κ1) is 21.4. The van der Waals surface area contributed by atoms with Gasteiger partial charge in [0.25, 0.3) is 0 Å². The van der Waals surface area contributed by atoms with Crippen LogP contribution in [-0.4, -0.2) is 23.2 Å². The minimum absolute atomic E-state index is 0.00477. The first-order valence-electron chi connectivity index (χ1n) is 11.3. The van der Waals surface area contributed by atoms with Crippen molar-refractivity contribution in [1.82, 2.24) is 4.98 Å². The van der Waals surface area contributed by atoms with E-state index in [2.05, 4.69) is 4.98 Å². The second kappa shape index (κ2) is 8.85. The Kier molecular flexibility index (Phi) is 5.75. The van der Waals surface area contributed by atoms with E-state index in [9.17, 15) is 9.90 Å². The number of benzene rings is 2. The normalized spacial score (nSPS) is 18.2. The highest BCUT2D eigenvalue weighted by atomic mass is 19.1. The Labute approximate surface area is 192 Å². The Bertz CT molecular complexity index is 1190. The van der Waals surface area contributed by atoms with Gasteiger partial charge in [0.2, 0.25) is 5.88 Å². The summed E-state index contributed by atoms with van der Waals surface area (Å²) >= 11 is 0. The number of nitrogens with zero attached hydrogens (tertiary/aromatic N) is 1. The lowest BCUT2D eigenvalue weighted by Gasteiger charge is -2.28. The maximum absolute atomic E-state index is 15.2. The van der Waals surface area contributed by atoms with E-state index in [1.807, 2.05) is 30.3 Å². The van der Waals surface area contributed by atoms with Gasteiger partial charge in [0, 0.05) is 17.8 Å². The molecule has 0 amide bonds. The lowest BCUT2D eigenvalue weighted by molar-refractivity contribution is -0.137. The molecular weight excluding hydrogens is 421 g/mol. The van der Waals surface area contributed by atoms with Gasteiger partial charge in [-0.1, -0.05) is 24.3 Å². The van der Waals surface area contributed by atoms with Crippen molar-refractivity contribution in [2.24, 2.45) is 5.92 Å². The van der Waals surface area contributed by atoms with Crippen LogP contribution in [0.4, 0.5) is 4.39 Å². The van der Waals surface area contributed by atoms with E-state index in [1.54, 1.807) is 25.4 Å². The molecule has 2 aromatic carbocycles. The van der Waals surface area contributed by atoms with Crippen LogP contribution in [0, 0.1) is 11.7 Å². The Hall–Kier alpha value is -3.41. The summed E-state index contributed by atoms with van der Waals surface area (Å²) in [4.78, 5) is 15.5. The number of fused-ring (bicyclic) bond motifs is 1. The van der Waals surface area contributed by atoms with Crippen LogP contribution in [0.25, 0.3) is 11.1 Å². The van der Waals surface area contributed by atoms with Gasteiger partial charge >= 0.3 is 5.97 Å². The molecule has 0 radical (unpaired) electrons. The standard InChI is InChI=1S/C27H26FNO4/c1-32-26-14-19(10-11-29-26)18-6-8-21(23(28)12-18)24-9-7-17-4-5-20(13-25(17)33-24)22(15-27(30)31)16-2-3-16/h4-6,8,10-14,16,22,24H,2-3,7,9,15H2,1H3,(H,30,31). The van der Waals surface area contributed by atoms with Crippen molar-refractivity contribution < 1.29 is 23.8 Å². The number of aryl methyl sites for hydroxylation is 1. The molecular formula is C27H26FNO4. The molecule has 1 N–H and O–H groups in total. The molecule has 5 nitrogen and oxygen atoms in total. The largest absolute Gasteiger partial charge is 0.485 e. The van der Waals surface area contributed by atoms with Crippen LogP contribution in [-0.2, 0) is 11.2 Å². The number of pyridine rings is 1. The molecule has 5 rings (SSSR count). The Morgan fingerprint density at radius 2 is 1.97 bits per heavy atom. The molecule has 0 spiro atoms. The van der Waals surface area contributed by atoms with Crippen LogP contribution < -0.4 is 9.47 Å². The van der Waals surface area contributed by atoms with Gasteiger partial charge in [-0.25, -0.2) is 9.37 Å². The van der Waals surface area contributed by atoms with E-state index in [0.717, 1.165) is 47.3 Å². The molecule has 0 bridgehead atoms. The average molecular weight is 448 g/mol. The summed E-state index contributed by atoms with van der Waals surface area (Å²) < 4.78 is 26.6. The zero-order valence-electron chi connectivity index (χ0n) is 18.5. The fraction of sp³-hybridized carbons (Fsp3) is 0.333. The Balaban J connectivity index is 1.38. The molecule has 2 atom stereocenters. The molecule has 1 aromatic heterocycles. The summed E-state index contributed by atoms with van der Waals surface area (Å²) in [6.07, 6.45) is 5.00. The van der Waals surface area contributed by atoms with E-state index in [-0.39, 0.29) is 24.3 Å². The minimum Gasteiger partial charge on any atom is -0.485 e. The van der Waals surface area contributed by atoms with Crippen molar-refractivity contribution >= 4 is 5.97 Å². The van der Waals surface area contributed by atoms with Gasteiger partial charge in [0.05, 0.1) is 13.5 Å². The summed E-state index contributed by atoms with van der Waals surface area (Å²) in [5.41, 5.74) is 4.19. The molecule has 170 valence electrons. The molecule has 1 aliphatic heterocycles. The molecule has 3 aromatic rings. The maximum Gasteiger partial charge on any atom is 0.303 e. The van der Waals surface area contributed by atoms with Crippen LogP contribution in [0.5, 0.6) is 11.6 Å². The number of hydrogen-bond donors (Lipinski definition) is 1. The van der Waals surface area contributed by atoms with Crippen molar-refractivity contribution in [2.75, 3.05) is 7.11 Å². The van der Waals surface area contributed by atoms with Gasteiger partial charge in [0.1, 0.15) is 17.7 Å². The summed E-state index contributed by atoms with van der Waals surface area (Å²) in [7, 11) is 1.55. The van der Waals surface area contributed by atoms with E-state index in [4.69, 9.17) is 9.47 Å². The van der Waals surface area contributed by atoms with Crippen molar-refractivity contribution in [3.8, 4) is 22.8 Å². The second-order valence-electron chi connectivity index (χ2n) is 8.88. The predicted molar refractivity (Wildman–Crippen MR) is 122 cm³/mol. The number of aromatic nitrogens is 1. The molecule has 0 saturated heterocycles. The van der Waals surface area contributed by atoms with Crippen molar-refractivity contribution in [3.05, 3.63) is 77.2 Å². The van der Waals surface area contributed by atoms with Gasteiger partial charge in [-0.05, 0) is 78.0 Å². The number of carboxylic acids is 1. The lowest BCUT2D eigenvalue weighted by Crippen LogP contribution is -2.17. The van der Waals surface area contributed by atoms with Crippen LogP contribution in [0.1, 0.15) is 54.4 Å². The van der Waals surface area contributed by atoms with Crippen molar-refractivity contribution in [3.63, 3.8) is 0 Å². The Morgan fingerprint density at radius 3 is 2.70 bits per heavy atom. The molecule has 1 aliphatic carbocycles. The maximum atomic E-state index is 15.2. The molecule has 2 aliphatic rings. The molecule has 1 fully saturated rings. The average Bonchev–Trinajstić information content (AvgIpc) is 3.67. The Morgan fingerprint density at radius 1 is 1.15 bits per heavy atom. The third-order valence-electron chi connectivity index (χ3n) is 6.67. The number of hydrogen-bond acceptors (Lipinski definition) is 4. The van der Waals surface area contributed by atoms with E-state index in [0.29, 0.717) is 23.8 Å². The summed E-state index contributed by atoms with van der Waals surface area (Å²) in [6.45, 7) is 0. The third-order valence-corrected chi connectivity index (χ3v) is 6.67. The highest BCUT2D eigenvalue weighted by molar-refractivity contribution is 5.68. The first-order valence-corrected chi connectivity index (χ1v) is 11.3. The summed E-state index contributed by atoms with van der Waals surface area (Å²) in [6, 6.07) is 14.8. The smallest absolute Gasteiger partial charge is 0.303 e. The fourth-order valence-electron chi connectivity index (χ4n) is 4.75. The SMILES string of the molecule is COc1cc(-c2ccc(C3CCc4ccc(C(CC(=O)O)C5CC5)cc4O3)c(F)c2)ccn1. The van der Waals surface area contributed by atoms with E-state index >= 15 is 4.39 Å². The quantitative estimate of drug-likeness (QED) is 0.486. The van der Waals surface area contributed by atoms with Gasteiger partial charge < -0.3 is 14.6 Å². The predicted octanol–water partition coefficient (Wildman–Crippen LogP) is 5.93. The molecule has 33 heavy (non-hydrogen) atoms. The van der Waals surface area contributed by atoms with Crippen molar-refractivity contribution in [2.45, 2.75) is 44.1 Å². The van der Waals surface area contributed by atoms with E-state index < -0.39 is 5.97 Å². The van der Waals surface area contributed by atoms with Gasteiger partial charge in [-0.2, -0.15) is 0 Å². The third kappa shape index (κ3) is 4.56. The van der Waals surface area contributed by atoms with E-state index in [1.165, 1.54) is 6.07 Å². The first-order chi connectivity index (χ1) is 16.0. The molecule has 6 heteroatoms. The summed E-state index contributed by atoms with van der Waals surface area (Å²) in [5, 5.41) is 9.33. The highest BCUT2D eigenvalue weighted by Gasteiger charge is 2.34. The number of aliphatic carboxylic acids is 1. The van der Waals surface area contributed by atoms with Crippen LogP contribution in [0.2, 0.25) is 0 Å². The monoisotopic (exact) mass is 447 g/mol. The zero-order valence-corrected chi connectivity index (χ0v) is 18.5. The van der Waals surface area contributed by atoms with Gasteiger partial charge in [0.15, 0.2) is 0 Å². The topological polar surface area (TPSA) is 68.7 Å². The summed E-state index contributed by atoms with van der Waals surface area (Å²) in [5.74, 6) is 0.557. The second-order valence-corrected chi connectivity index (χ2v) is 8.88. The number of carbonyl (C=O) groups is 1. The number of ether oxygens (including phenoxy) is 2. The minimum atomic E-state index is -0.780. The fourth-order valence-corrected chi connectivity index (χ4v) is 4.75. The number of halogens is 1. The zero-order chi connectivity index (χ0) is 22.9. The van der Waals surface area contributed by atoms with Gasteiger partial charge in [-0.15, -0.1) is 0 Å². The molecule has 2 unspecified atom stereocenters. The molecule has 2 heterocycles. The molecule has 1 saturated carbocycles. The highest BCUT2D eigenvalue weighted by Crippen LogP contribution is 2.46. The van der Waals surface area contributed by atoms with Crippen LogP contribution in [0.15, 0.2) is 54.7 Å². The van der Waals surface area contributed by atoms with Crippen molar-refractivity contribution in [1.29, 1.82) is 0 Å². The van der Waals surface area contributed by atoms with Gasteiger partial charge in [-0.3, -0.25) is 4.79 Å². The van der Waals surface area contributed by atoms with Crippen LogP contribution in [0.3, 0.4) is 0 Å². The number of methoxy groups -OCH3 is 1. The van der Waals surface area contributed by atoms with Crippen LogP contribution >= 0.6 is 0 Å².